The van der Waals surface area contributed by atoms with E-state index in [0.29, 0.717) is 5.92 Å². The maximum absolute atomic E-state index is 12.0. The van der Waals surface area contributed by atoms with Crippen LogP contribution in [0.1, 0.15) is 39.5 Å². The molecular formula is C14H28N2O2. The van der Waals surface area contributed by atoms with Gasteiger partial charge in [-0.2, -0.15) is 0 Å². The SMILES string of the molecule is CCN(C)CC(C)CNC(=O)C1CCC(O)CC1. The van der Waals surface area contributed by atoms with E-state index >= 15 is 0 Å². The summed E-state index contributed by atoms with van der Waals surface area (Å²) in [6.07, 6.45) is 3.01. The number of aliphatic hydroxyl groups is 1. The average molecular weight is 256 g/mol. The minimum Gasteiger partial charge on any atom is -0.393 e. The highest BCUT2D eigenvalue weighted by Crippen LogP contribution is 2.24. The molecule has 0 spiro atoms. The van der Waals surface area contributed by atoms with Gasteiger partial charge in [0.15, 0.2) is 0 Å². The number of nitrogens with zero attached hydrogens (tertiary/aromatic N) is 1. The Morgan fingerprint density at radius 2 is 2.00 bits per heavy atom. The quantitative estimate of drug-likeness (QED) is 0.752. The summed E-state index contributed by atoms with van der Waals surface area (Å²) < 4.78 is 0. The second-order valence-corrected chi connectivity index (χ2v) is 5.71. The molecule has 0 saturated heterocycles. The lowest BCUT2D eigenvalue weighted by molar-refractivity contribution is -0.126. The Labute approximate surface area is 111 Å². The van der Waals surface area contributed by atoms with Gasteiger partial charge in [0.25, 0.3) is 0 Å². The van der Waals surface area contributed by atoms with Crippen LogP contribution in [0.5, 0.6) is 0 Å². The fraction of sp³-hybridized carbons (Fsp3) is 0.929. The van der Waals surface area contributed by atoms with Crippen molar-refractivity contribution in [1.82, 2.24) is 10.2 Å². The van der Waals surface area contributed by atoms with Gasteiger partial charge in [-0.1, -0.05) is 13.8 Å². The second-order valence-electron chi connectivity index (χ2n) is 5.71. The number of carbonyl (C=O) groups is 1. The number of nitrogens with one attached hydrogen (secondary N) is 1. The molecule has 2 N–H and O–H groups in total. The van der Waals surface area contributed by atoms with E-state index in [0.717, 1.165) is 45.3 Å². The first-order valence-electron chi connectivity index (χ1n) is 7.17. The van der Waals surface area contributed by atoms with Gasteiger partial charge < -0.3 is 15.3 Å². The minimum absolute atomic E-state index is 0.115. The Kier molecular flexibility index (Phi) is 6.65. The first kappa shape index (κ1) is 15.4. The molecule has 0 bridgehead atoms. The largest absolute Gasteiger partial charge is 0.393 e. The van der Waals surface area contributed by atoms with Gasteiger partial charge in [-0.25, -0.2) is 0 Å². The van der Waals surface area contributed by atoms with Crippen molar-refractivity contribution in [2.75, 3.05) is 26.7 Å². The number of carbonyl (C=O) groups excluding carboxylic acids is 1. The predicted molar refractivity (Wildman–Crippen MR) is 73.3 cm³/mol. The molecule has 0 aromatic heterocycles. The van der Waals surface area contributed by atoms with Gasteiger partial charge in [0.05, 0.1) is 6.10 Å². The van der Waals surface area contributed by atoms with Gasteiger partial charge in [0.1, 0.15) is 0 Å². The molecule has 18 heavy (non-hydrogen) atoms. The first-order chi connectivity index (χ1) is 8.52. The van der Waals surface area contributed by atoms with Crippen molar-refractivity contribution in [3.05, 3.63) is 0 Å². The molecule has 1 aliphatic rings. The molecule has 0 aromatic carbocycles. The van der Waals surface area contributed by atoms with Crippen LogP contribution in [-0.4, -0.2) is 48.7 Å². The van der Waals surface area contributed by atoms with Gasteiger partial charge >= 0.3 is 0 Å². The zero-order valence-electron chi connectivity index (χ0n) is 12.0. The zero-order valence-corrected chi connectivity index (χ0v) is 12.0. The van der Waals surface area contributed by atoms with Crippen molar-refractivity contribution in [2.24, 2.45) is 11.8 Å². The molecule has 0 radical (unpaired) electrons. The highest BCUT2D eigenvalue weighted by molar-refractivity contribution is 5.78. The van der Waals surface area contributed by atoms with Crippen LogP contribution in [0, 0.1) is 11.8 Å². The molecule has 106 valence electrons. The molecule has 0 heterocycles. The zero-order chi connectivity index (χ0) is 13.5. The highest BCUT2D eigenvalue weighted by Gasteiger charge is 2.25. The first-order valence-corrected chi connectivity index (χ1v) is 7.17. The molecule has 1 fully saturated rings. The van der Waals surface area contributed by atoms with E-state index in [4.69, 9.17) is 0 Å². The maximum Gasteiger partial charge on any atom is 0.223 e. The van der Waals surface area contributed by atoms with Crippen LogP contribution >= 0.6 is 0 Å². The summed E-state index contributed by atoms with van der Waals surface area (Å²) in [6.45, 7) is 7.11. The Bertz CT molecular complexity index is 250. The number of rotatable bonds is 6. The molecule has 4 heteroatoms. The number of aliphatic hydroxyl groups excluding tert-OH is 1. The van der Waals surface area contributed by atoms with E-state index < -0.39 is 0 Å². The molecular weight excluding hydrogens is 228 g/mol. The van der Waals surface area contributed by atoms with Crippen molar-refractivity contribution in [3.63, 3.8) is 0 Å². The molecule has 1 rings (SSSR count). The number of amides is 1. The Morgan fingerprint density at radius 1 is 1.39 bits per heavy atom. The monoisotopic (exact) mass is 256 g/mol. The van der Waals surface area contributed by atoms with Crippen LogP contribution in [0.15, 0.2) is 0 Å². The van der Waals surface area contributed by atoms with Gasteiger partial charge in [-0.05, 0) is 45.2 Å². The van der Waals surface area contributed by atoms with Crippen molar-refractivity contribution in [1.29, 1.82) is 0 Å². The molecule has 1 unspecified atom stereocenters. The third-order valence-electron chi connectivity index (χ3n) is 3.86. The van der Waals surface area contributed by atoms with Crippen LogP contribution < -0.4 is 5.32 Å². The van der Waals surface area contributed by atoms with Crippen molar-refractivity contribution in [3.8, 4) is 0 Å². The molecule has 1 amide bonds. The lowest BCUT2D eigenvalue weighted by atomic mass is 9.87. The standard InChI is InChI=1S/C14H28N2O2/c1-4-16(3)10-11(2)9-15-14(18)12-5-7-13(17)8-6-12/h11-13,17H,4-10H2,1-3H3,(H,15,18). The third-order valence-corrected chi connectivity index (χ3v) is 3.86. The van der Waals surface area contributed by atoms with E-state index in [-0.39, 0.29) is 17.9 Å². The van der Waals surface area contributed by atoms with E-state index in [1.54, 1.807) is 0 Å². The van der Waals surface area contributed by atoms with Crippen molar-refractivity contribution < 1.29 is 9.90 Å². The predicted octanol–water partition coefficient (Wildman–Crippen LogP) is 1.24. The van der Waals surface area contributed by atoms with Crippen LogP contribution in [0.25, 0.3) is 0 Å². The van der Waals surface area contributed by atoms with Gasteiger partial charge in [-0.15, -0.1) is 0 Å². The van der Waals surface area contributed by atoms with Crippen LogP contribution in [0.2, 0.25) is 0 Å². The summed E-state index contributed by atoms with van der Waals surface area (Å²) in [4.78, 5) is 14.2. The fourth-order valence-corrected chi connectivity index (χ4v) is 2.48. The topological polar surface area (TPSA) is 52.6 Å². The number of hydrogen-bond acceptors (Lipinski definition) is 3. The lowest BCUT2D eigenvalue weighted by Crippen LogP contribution is -2.38. The molecule has 1 aliphatic carbocycles. The van der Waals surface area contributed by atoms with E-state index in [1.807, 2.05) is 0 Å². The van der Waals surface area contributed by atoms with Crippen molar-refractivity contribution in [2.45, 2.75) is 45.6 Å². The summed E-state index contributed by atoms with van der Waals surface area (Å²) in [5.74, 6) is 0.769. The summed E-state index contributed by atoms with van der Waals surface area (Å²) in [7, 11) is 2.10. The smallest absolute Gasteiger partial charge is 0.223 e. The number of hydrogen-bond donors (Lipinski definition) is 2. The summed E-state index contributed by atoms with van der Waals surface area (Å²) in [6, 6.07) is 0. The van der Waals surface area contributed by atoms with Gasteiger partial charge in [-0.3, -0.25) is 4.79 Å². The van der Waals surface area contributed by atoms with Crippen LogP contribution in [0.3, 0.4) is 0 Å². The van der Waals surface area contributed by atoms with Crippen LogP contribution in [-0.2, 0) is 4.79 Å². The normalized spacial score (nSPS) is 26.1. The van der Waals surface area contributed by atoms with Crippen LogP contribution in [0.4, 0.5) is 0 Å². The Hall–Kier alpha value is -0.610. The summed E-state index contributed by atoms with van der Waals surface area (Å²) in [5.41, 5.74) is 0. The third kappa shape index (κ3) is 5.36. The highest BCUT2D eigenvalue weighted by atomic mass is 16.3. The fourth-order valence-electron chi connectivity index (χ4n) is 2.48. The Morgan fingerprint density at radius 3 is 2.56 bits per heavy atom. The van der Waals surface area contributed by atoms with Gasteiger partial charge in [0.2, 0.25) is 5.91 Å². The molecule has 1 saturated carbocycles. The van der Waals surface area contributed by atoms with Crippen molar-refractivity contribution >= 4 is 5.91 Å². The second kappa shape index (κ2) is 7.74. The minimum atomic E-state index is -0.189. The van der Waals surface area contributed by atoms with E-state index in [9.17, 15) is 9.90 Å². The van der Waals surface area contributed by atoms with E-state index in [1.165, 1.54) is 0 Å². The molecule has 4 nitrogen and oxygen atoms in total. The molecule has 0 aliphatic heterocycles. The molecule has 1 atom stereocenters. The molecule has 0 aromatic rings. The summed E-state index contributed by atoms with van der Waals surface area (Å²) in [5, 5.41) is 12.5. The van der Waals surface area contributed by atoms with E-state index in [2.05, 4.69) is 31.1 Å². The van der Waals surface area contributed by atoms with Gasteiger partial charge in [0, 0.05) is 19.0 Å². The average Bonchev–Trinajstić information content (AvgIpc) is 2.36. The summed E-state index contributed by atoms with van der Waals surface area (Å²) >= 11 is 0. The maximum atomic E-state index is 12.0. The lowest BCUT2D eigenvalue weighted by Gasteiger charge is -2.25. The Balaban J connectivity index is 2.20.